The first-order valence-electron chi connectivity index (χ1n) is 9.74. The number of nitrogens with zero attached hydrogens (tertiary/aromatic N) is 2. The van der Waals surface area contributed by atoms with Crippen LogP contribution in [-0.2, 0) is 34.2 Å². The molecule has 1 aliphatic heterocycles. The zero-order valence-electron chi connectivity index (χ0n) is 16.0. The van der Waals surface area contributed by atoms with Crippen LogP contribution in [0.25, 0.3) is 0 Å². The molecular weight excluding hydrogens is 394 g/mol. The van der Waals surface area contributed by atoms with E-state index in [4.69, 9.17) is 0 Å². The van der Waals surface area contributed by atoms with Crippen LogP contribution in [-0.4, -0.2) is 36.7 Å². The molecule has 2 heterocycles. The van der Waals surface area contributed by atoms with Gasteiger partial charge in [0.1, 0.15) is 0 Å². The Hall–Kier alpha value is -1.77. The molecule has 1 aromatic heterocycles. The molecule has 8 heteroatoms. The number of carbonyl (C=O) groups excluding carboxylic acids is 1. The van der Waals surface area contributed by atoms with Crippen molar-refractivity contribution in [3.05, 3.63) is 45.4 Å². The fourth-order valence-corrected chi connectivity index (χ4v) is 6.55. The minimum atomic E-state index is -3.49. The number of nitrogens with one attached hydrogen (secondary N) is 1. The van der Waals surface area contributed by atoms with Crippen molar-refractivity contribution >= 4 is 27.3 Å². The van der Waals surface area contributed by atoms with Crippen LogP contribution in [0.2, 0.25) is 0 Å². The summed E-state index contributed by atoms with van der Waals surface area (Å²) in [5, 5.41) is 5.65. The van der Waals surface area contributed by atoms with Crippen LogP contribution in [0.1, 0.15) is 53.9 Å². The predicted octanol–water partition coefficient (Wildman–Crippen LogP) is 2.84. The standard InChI is InChI=1S/C20H25N3O3S2/c1-14(24)21-11-18-13-27-20(22-18)17-6-3-9-23(12-17)28(25,26)19-8-7-15-4-2-5-16(15)10-19/h7-8,10,13,17H,2-6,9,11-12H2,1H3,(H,21,24)/t17-/m0/s1. The van der Waals surface area contributed by atoms with E-state index in [0.717, 1.165) is 42.8 Å². The number of aryl methyl sites for hydroxylation is 2. The first-order valence-corrected chi connectivity index (χ1v) is 12.1. The van der Waals surface area contributed by atoms with Gasteiger partial charge in [0.25, 0.3) is 0 Å². The Morgan fingerprint density at radius 1 is 1.29 bits per heavy atom. The lowest BCUT2D eigenvalue weighted by Gasteiger charge is -2.31. The third-order valence-electron chi connectivity index (χ3n) is 5.53. The molecule has 0 spiro atoms. The normalized spacial score (nSPS) is 20.1. The van der Waals surface area contributed by atoms with E-state index in [9.17, 15) is 13.2 Å². The van der Waals surface area contributed by atoms with Crippen molar-refractivity contribution in [3.8, 4) is 0 Å². The molecular formula is C20H25N3O3S2. The van der Waals surface area contributed by atoms with Gasteiger partial charge in [0.15, 0.2) is 0 Å². The largest absolute Gasteiger partial charge is 0.351 e. The summed E-state index contributed by atoms with van der Waals surface area (Å²) in [5.41, 5.74) is 3.29. The highest BCUT2D eigenvalue weighted by Gasteiger charge is 2.32. The lowest BCUT2D eigenvalue weighted by atomic mass is 10.0. The quantitative estimate of drug-likeness (QED) is 0.808. The fraction of sp³-hybridized carbons (Fsp3) is 0.500. The van der Waals surface area contributed by atoms with Crippen LogP contribution < -0.4 is 5.32 Å². The molecule has 0 saturated carbocycles. The van der Waals surface area contributed by atoms with Crippen molar-refractivity contribution < 1.29 is 13.2 Å². The van der Waals surface area contributed by atoms with Crippen molar-refractivity contribution in [2.24, 2.45) is 0 Å². The van der Waals surface area contributed by atoms with Crippen molar-refractivity contribution in [1.82, 2.24) is 14.6 Å². The molecule has 2 aliphatic rings. The van der Waals surface area contributed by atoms with E-state index in [1.54, 1.807) is 21.7 Å². The van der Waals surface area contributed by atoms with Gasteiger partial charge in [-0.2, -0.15) is 4.31 Å². The van der Waals surface area contributed by atoms with Gasteiger partial charge in [-0.05, 0) is 55.4 Å². The third-order valence-corrected chi connectivity index (χ3v) is 8.45. The van der Waals surface area contributed by atoms with Gasteiger partial charge in [-0.3, -0.25) is 4.79 Å². The molecule has 1 atom stereocenters. The molecule has 1 saturated heterocycles. The number of piperidine rings is 1. The third kappa shape index (κ3) is 3.99. The number of hydrogen-bond donors (Lipinski definition) is 1. The Balaban J connectivity index is 1.49. The average Bonchev–Trinajstić information content (AvgIpc) is 3.35. The average molecular weight is 420 g/mol. The molecule has 150 valence electrons. The maximum absolute atomic E-state index is 13.2. The number of hydrogen-bond acceptors (Lipinski definition) is 5. The van der Waals surface area contributed by atoms with Gasteiger partial charge >= 0.3 is 0 Å². The van der Waals surface area contributed by atoms with E-state index in [1.165, 1.54) is 18.1 Å². The molecule has 0 radical (unpaired) electrons. The number of amides is 1. The maximum Gasteiger partial charge on any atom is 0.243 e. The summed E-state index contributed by atoms with van der Waals surface area (Å²) in [6.45, 7) is 2.92. The number of thiazole rings is 1. The van der Waals surface area contributed by atoms with Crippen molar-refractivity contribution in [1.29, 1.82) is 0 Å². The minimum Gasteiger partial charge on any atom is -0.351 e. The highest BCUT2D eigenvalue weighted by molar-refractivity contribution is 7.89. The summed E-state index contributed by atoms with van der Waals surface area (Å²) < 4.78 is 28.0. The zero-order chi connectivity index (χ0) is 19.7. The number of sulfonamides is 1. The first-order chi connectivity index (χ1) is 13.4. The van der Waals surface area contributed by atoms with Crippen LogP contribution in [0, 0.1) is 0 Å². The SMILES string of the molecule is CC(=O)NCc1csc([C@H]2CCCN(S(=O)(=O)c3ccc4c(c3)CCC4)C2)n1. The molecule has 4 rings (SSSR count). The monoisotopic (exact) mass is 419 g/mol. The number of fused-ring (bicyclic) bond motifs is 1. The van der Waals surface area contributed by atoms with E-state index >= 15 is 0 Å². The van der Waals surface area contributed by atoms with Gasteiger partial charge in [-0.25, -0.2) is 13.4 Å². The lowest BCUT2D eigenvalue weighted by Crippen LogP contribution is -2.39. The topological polar surface area (TPSA) is 79.4 Å². The van der Waals surface area contributed by atoms with Crippen LogP contribution in [0.4, 0.5) is 0 Å². The second-order valence-electron chi connectivity index (χ2n) is 7.57. The highest BCUT2D eigenvalue weighted by Crippen LogP contribution is 2.33. The van der Waals surface area contributed by atoms with Gasteiger partial charge in [-0.1, -0.05) is 6.07 Å². The number of aromatic nitrogens is 1. The molecule has 1 fully saturated rings. The Morgan fingerprint density at radius 2 is 2.11 bits per heavy atom. The Bertz CT molecular complexity index is 984. The number of carbonyl (C=O) groups is 1. The van der Waals surface area contributed by atoms with E-state index in [-0.39, 0.29) is 11.8 Å². The summed E-state index contributed by atoms with van der Waals surface area (Å²) in [6, 6.07) is 5.61. The molecule has 1 amide bonds. The summed E-state index contributed by atoms with van der Waals surface area (Å²) in [7, 11) is -3.49. The number of rotatable bonds is 5. The molecule has 0 unspecified atom stereocenters. The molecule has 0 bridgehead atoms. The highest BCUT2D eigenvalue weighted by atomic mass is 32.2. The molecule has 28 heavy (non-hydrogen) atoms. The molecule has 1 N–H and O–H groups in total. The molecule has 6 nitrogen and oxygen atoms in total. The zero-order valence-corrected chi connectivity index (χ0v) is 17.6. The van der Waals surface area contributed by atoms with Crippen LogP contribution in [0.5, 0.6) is 0 Å². The van der Waals surface area contributed by atoms with Crippen LogP contribution in [0.3, 0.4) is 0 Å². The van der Waals surface area contributed by atoms with Crippen molar-refractivity contribution in [2.45, 2.75) is 56.4 Å². The van der Waals surface area contributed by atoms with Gasteiger partial charge < -0.3 is 5.32 Å². The van der Waals surface area contributed by atoms with Crippen molar-refractivity contribution in [3.63, 3.8) is 0 Å². The maximum atomic E-state index is 13.2. The lowest BCUT2D eigenvalue weighted by molar-refractivity contribution is -0.119. The van der Waals surface area contributed by atoms with Crippen LogP contribution in [0.15, 0.2) is 28.5 Å². The Morgan fingerprint density at radius 3 is 2.93 bits per heavy atom. The number of benzene rings is 1. The van der Waals surface area contributed by atoms with Crippen LogP contribution >= 0.6 is 11.3 Å². The smallest absolute Gasteiger partial charge is 0.243 e. The van der Waals surface area contributed by atoms with Gasteiger partial charge in [0.05, 0.1) is 22.1 Å². The summed E-state index contributed by atoms with van der Waals surface area (Å²) >= 11 is 1.55. The van der Waals surface area contributed by atoms with Gasteiger partial charge in [0.2, 0.25) is 15.9 Å². The summed E-state index contributed by atoms with van der Waals surface area (Å²) in [5.74, 6) is 0.0212. The summed E-state index contributed by atoms with van der Waals surface area (Å²) in [6.07, 6.45) is 4.89. The van der Waals surface area contributed by atoms with E-state index in [0.29, 0.717) is 24.5 Å². The second-order valence-corrected chi connectivity index (χ2v) is 10.4. The second kappa shape index (κ2) is 7.93. The van der Waals surface area contributed by atoms with E-state index in [2.05, 4.69) is 10.3 Å². The van der Waals surface area contributed by atoms with E-state index < -0.39 is 10.0 Å². The summed E-state index contributed by atoms with van der Waals surface area (Å²) in [4.78, 5) is 16.1. The van der Waals surface area contributed by atoms with Crippen molar-refractivity contribution in [2.75, 3.05) is 13.1 Å². The van der Waals surface area contributed by atoms with Gasteiger partial charge in [0, 0.05) is 31.3 Å². The molecule has 1 aliphatic carbocycles. The minimum absolute atomic E-state index is 0.0844. The molecule has 2 aromatic rings. The van der Waals surface area contributed by atoms with E-state index in [1.807, 2.05) is 17.5 Å². The first kappa shape index (κ1) is 19.5. The Labute approximate surface area is 170 Å². The predicted molar refractivity (Wildman–Crippen MR) is 109 cm³/mol. The molecule has 1 aromatic carbocycles. The van der Waals surface area contributed by atoms with Gasteiger partial charge in [-0.15, -0.1) is 11.3 Å². The fourth-order valence-electron chi connectivity index (χ4n) is 4.03. The Kier molecular flexibility index (Phi) is 5.53.